The van der Waals surface area contributed by atoms with Crippen molar-refractivity contribution in [2.45, 2.75) is 37.8 Å². The molecule has 0 radical (unpaired) electrons. The maximum atomic E-state index is 11.5. The number of rotatable bonds is 2. The van der Waals surface area contributed by atoms with Gasteiger partial charge in [-0.05, 0) is 25.7 Å². The van der Waals surface area contributed by atoms with Crippen LogP contribution < -0.4 is 0 Å². The Kier molecular flexibility index (Phi) is 2.39. The van der Waals surface area contributed by atoms with Crippen molar-refractivity contribution in [1.29, 1.82) is 0 Å². The predicted octanol–water partition coefficient (Wildman–Crippen LogP) is 0.388. The number of hydrogen-bond acceptors (Lipinski definition) is 3. The van der Waals surface area contributed by atoms with E-state index in [1.165, 1.54) is 6.26 Å². The van der Waals surface area contributed by atoms with Gasteiger partial charge in [-0.2, -0.15) is 4.31 Å². The van der Waals surface area contributed by atoms with Gasteiger partial charge in [-0.3, -0.25) is 0 Å². The average Bonchev–Trinajstić information content (AvgIpc) is 2.38. The number of carbonyl (C=O) groups excluding carboxylic acids is 1. The van der Waals surface area contributed by atoms with E-state index in [2.05, 4.69) is 0 Å². The Hall–Kier alpha value is -0.420. The Morgan fingerprint density at radius 1 is 1.21 bits per heavy atom. The molecule has 0 aliphatic carbocycles. The summed E-state index contributed by atoms with van der Waals surface area (Å²) < 4.78 is 24.6. The Balaban J connectivity index is 2.22. The molecule has 4 nitrogen and oxygen atoms in total. The van der Waals surface area contributed by atoms with Crippen LogP contribution >= 0.6 is 0 Å². The molecule has 2 bridgehead atoms. The summed E-state index contributed by atoms with van der Waals surface area (Å²) in [7, 11) is -3.08. The summed E-state index contributed by atoms with van der Waals surface area (Å²) in [6, 6.07) is 0.165. The van der Waals surface area contributed by atoms with Crippen LogP contribution in [0.5, 0.6) is 0 Å². The zero-order chi connectivity index (χ0) is 10.3. The number of sulfonamides is 1. The molecule has 2 aliphatic rings. The SMILES string of the molecule is CS(=O)(=O)N1[C@@H]2CC[C@H]1CC(C=O)C2. The second-order valence-electron chi connectivity index (χ2n) is 4.35. The molecule has 0 aromatic carbocycles. The Morgan fingerprint density at radius 2 is 1.71 bits per heavy atom. The molecular formula is C9H15NO3S. The largest absolute Gasteiger partial charge is 0.303 e. The van der Waals surface area contributed by atoms with Crippen molar-refractivity contribution in [3.05, 3.63) is 0 Å². The lowest BCUT2D eigenvalue weighted by atomic mass is 9.94. The fourth-order valence-corrected chi connectivity index (χ4v) is 4.29. The van der Waals surface area contributed by atoms with E-state index in [0.717, 1.165) is 19.1 Å². The van der Waals surface area contributed by atoms with Crippen LogP contribution in [0.15, 0.2) is 0 Å². The molecule has 1 unspecified atom stereocenters. The second kappa shape index (κ2) is 3.31. The molecule has 0 N–H and O–H groups in total. The number of fused-ring (bicyclic) bond motifs is 2. The van der Waals surface area contributed by atoms with E-state index in [1.54, 1.807) is 4.31 Å². The first-order valence-corrected chi connectivity index (χ1v) is 6.81. The third-order valence-electron chi connectivity index (χ3n) is 3.28. The summed E-state index contributed by atoms with van der Waals surface area (Å²) in [5.74, 6) is 0.0745. The van der Waals surface area contributed by atoms with Gasteiger partial charge in [-0.15, -0.1) is 0 Å². The lowest BCUT2D eigenvalue weighted by molar-refractivity contribution is -0.112. The second-order valence-corrected chi connectivity index (χ2v) is 6.23. The van der Waals surface area contributed by atoms with E-state index in [9.17, 15) is 13.2 Å². The van der Waals surface area contributed by atoms with Crippen LogP contribution in [0.1, 0.15) is 25.7 Å². The minimum atomic E-state index is -3.08. The summed E-state index contributed by atoms with van der Waals surface area (Å²) in [5.41, 5.74) is 0. The topological polar surface area (TPSA) is 54.5 Å². The highest BCUT2D eigenvalue weighted by molar-refractivity contribution is 7.88. The van der Waals surface area contributed by atoms with Crippen molar-refractivity contribution in [1.82, 2.24) is 4.31 Å². The predicted molar refractivity (Wildman–Crippen MR) is 52.3 cm³/mol. The molecule has 80 valence electrons. The van der Waals surface area contributed by atoms with Gasteiger partial charge in [0.25, 0.3) is 0 Å². The first-order valence-electron chi connectivity index (χ1n) is 4.96. The van der Waals surface area contributed by atoms with E-state index in [0.29, 0.717) is 12.8 Å². The lowest BCUT2D eigenvalue weighted by Gasteiger charge is -2.35. The van der Waals surface area contributed by atoms with Crippen LogP contribution in [0.25, 0.3) is 0 Å². The van der Waals surface area contributed by atoms with Crippen molar-refractivity contribution < 1.29 is 13.2 Å². The molecule has 2 fully saturated rings. The smallest absolute Gasteiger partial charge is 0.211 e. The molecule has 2 heterocycles. The Bertz CT molecular complexity index is 324. The average molecular weight is 217 g/mol. The number of piperidine rings is 1. The van der Waals surface area contributed by atoms with Crippen molar-refractivity contribution in [2.24, 2.45) is 5.92 Å². The summed E-state index contributed by atoms with van der Waals surface area (Å²) in [5, 5.41) is 0. The molecule has 0 saturated carbocycles. The molecule has 0 aromatic rings. The highest BCUT2D eigenvalue weighted by atomic mass is 32.2. The number of aldehydes is 1. The molecule has 14 heavy (non-hydrogen) atoms. The van der Waals surface area contributed by atoms with E-state index >= 15 is 0 Å². The molecular weight excluding hydrogens is 202 g/mol. The highest BCUT2D eigenvalue weighted by Gasteiger charge is 2.44. The van der Waals surface area contributed by atoms with E-state index in [4.69, 9.17) is 0 Å². The maximum absolute atomic E-state index is 11.5. The van der Waals surface area contributed by atoms with Crippen LogP contribution in [-0.2, 0) is 14.8 Å². The number of hydrogen-bond donors (Lipinski definition) is 0. The maximum Gasteiger partial charge on any atom is 0.211 e. The van der Waals surface area contributed by atoms with Gasteiger partial charge >= 0.3 is 0 Å². The highest BCUT2D eigenvalue weighted by Crippen LogP contribution is 2.39. The van der Waals surface area contributed by atoms with Crippen LogP contribution in [0.4, 0.5) is 0 Å². The minimum Gasteiger partial charge on any atom is -0.303 e. The normalized spacial score (nSPS) is 38.5. The Labute approximate surface area is 84.3 Å². The van der Waals surface area contributed by atoms with Gasteiger partial charge in [-0.25, -0.2) is 8.42 Å². The zero-order valence-corrected chi connectivity index (χ0v) is 9.03. The van der Waals surface area contributed by atoms with Crippen LogP contribution in [0, 0.1) is 5.92 Å². The summed E-state index contributed by atoms with van der Waals surface area (Å²) in [4.78, 5) is 10.7. The summed E-state index contributed by atoms with van der Waals surface area (Å²) in [6.07, 6.45) is 5.51. The standard InChI is InChI=1S/C9H15NO3S/c1-14(12,13)10-8-2-3-9(10)5-7(4-8)6-11/h6-9H,2-5H2,1H3/t7?,8-,9+. The van der Waals surface area contributed by atoms with E-state index in [-0.39, 0.29) is 18.0 Å². The fraction of sp³-hybridized carbons (Fsp3) is 0.889. The van der Waals surface area contributed by atoms with Gasteiger partial charge in [-0.1, -0.05) is 0 Å². The van der Waals surface area contributed by atoms with Gasteiger partial charge < -0.3 is 4.79 Å². The van der Waals surface area contributed by atoms with Crippen molar-refractivity contribution in [2.75, 3.05) is 6.26 Å². The molecule has 3 atom stereocenters. The van der Waals surface area contributed by atoms with Crippen molar-refractivity contribution >= 4 is 16.3 Å². The molecule has 2 rings (SSSR count). The van der Waals surface area contributed by atoms with Gasteiger partial charge in [0.15, 0.2) is 0 Å². The van der Waals surface area contributed by atoms with Crippen LogP contribution in [0.3, 0.4) is 0 Å². The Morgan fingerprint density at radius 3 is 2.07 bits per heavy atom. The van der Waals surface area contributed by atoms with Gasteiger partial charge in [0.1, 0.15) is 6.29 Å². The quantitative estimate of drug-likeness (QED) is 0.629. The van der Waals surface area contributed by atoms with Crippen molar-refractivity contribution in [3.8, 4) is 0 Å². The molecule has 0 spiro atoms. The zero-order valence-electron chi connectivity index (χ0n) is 8.22. The first kappa shape index (κ1) is 10.1. The molecule has 2 aliphatic heterocycles. The molecule has 0 aromatic heterocycles. The van der Waals surface area contributed by atoms with Gasteiger partial charge in [0.05, 0.1) is 6.26 Å². The monoisotopic (exact) mass is 217 g/mol. The number of carbonyl (C=O) groups is 1. The minimum absolute atomic E-state index is 0.0745. The lowest BCUT2D eigenvalue weighted by Crippen LogP contribution is -2.46. The van der Waals surface area contributed by atoms with Crippen LogP contribution in [-0.4, -0.2) is 37.3 Å². The molecule has 2 saturated heterocycles. The number of nitrogens with zero attached hydrogens (tertiary/aromatic N) is 1. The van der Waals surface area contributed by atoms with E-state index in [1.807, 2.05) is 0 Å². The third kappa shape index (κ3) is 1.59. The summed E-state index contributed by atoms with van der Waals surface area (Å²) >= 11 is 0. The molecule has 0 amide bonds. The fourth-order valence-electron chi connectivity index (χ4n) is 2.83. The van der Waals surface area contributed by atoms with Gasteiger partial charge in [0, 0.05) is 18.0 Å². The third-order valence-corrected chi connectivity index (χ3v) is 4.64. The first-order chi connectivity index (χ1) is 6.52. The van der Waals surface area contributed by atoms with Crippen molar-refractivity contribution in [3.63, 3.8) is 0 Å². The van der Waals surface area contributed by atoms with Crippen LogP contribution in [0.2, 0.25) is 0 Å². The van der Waals surface area contributed by atoms with E-state index < -0.39 is 10.0 Å². The molecule has 5 heteroatoms. The summed E-state index contributed by atoms with van der Waals surface area (Å²) in [6.45, 7) is 0. The van der Waals surface area contributed by atoms with Gasteiger partial charge in [0.2, 0.25) is 10.0 Å².